The van der Waals surface area contributed by atoms with E-state index in [4.69, 9.17) is 21.1 Å². The van der Waals surface area contributed by atoms with Crippen LogP contribution in [0, 0.1) is 0 Å². The summed E-state index contributed by atoms with van der Waals surface area (Å²) in [5.74, 6) is 0. The monoisotopic (exact) mass is 308 g/mol. The number of hydrogen-bond donors (Lipinski definition) is 0. The van der Waals surface area contributed by atoms with Gasteiger partial charge in [-0.05, 0) is 41.5 Å². The quantitative estimate of drug-likeness (QED) is 0.578. The highest BCUT2D eigenvalue weighted by atomic mass is 35.5. The average Bonchev–Trinajstić information content (AvgIpc) is 2.26. The second-order valence-corrected chi connectivity index (χ2v) is 5.88. The van der Waals surface area contributed by atoms with Crippen LogP contribution in [-0.2, 0) is 9.47 Å². The van der Waals surface area contributed by atoms with Gasteiger partial charge >= 0.3 is 12.2 Å². The molecule has 0 saturated heterocycles. The van der Waals surface area contributed by atoms with E-state index in [1.54, 1.807) is 34.6 Å². The molecule has 0 aromatic carbocycles. The predicted octanol–water partition coefficient (Wildman–Crippen LogP) is 3.24. The molecule has 0 N–H and O–H groups in total. The first-order valence-corrected chi connectivity index (χ1v) is 7.11. The third-order valence-electron chi connectivity index (χ3n) is 2.28. The van der Waals surface area contributed by atoms with Gasteiger partial charge < -0.3 is 9.47 Å². The molecule has 7 heteroatoms. The van der Waals surface area contributed by atoms with E-state index in [1.807, 2.05) is 6.92 Å². The van der Waals surface area contributed by atoms with Crippen molar-refractivity contribution in [2.75, 3.05) is 19.8 Å². The van der Waals surface area contributed by atoms with Crippen molar-refractivity contribution in [3.05, 3.63) is 0 Å². The van der Waals surface area contributed by atoms with Gasteiger partial charge in [0.05, 0.1) is 0 Å². The molecule has 0 heterocycles. The zero-order chi connectivity index (χ0) is 15.9. The van der Waals surface area contributed by atoms with E-state index in [0.29, 0.717) is 13.1 Å². The minimum Gasteiger partial charge on any atom is -0.444 e. The fraction of sp³-hybridized carbons (Fsp3) is 0.846. The molecule has 0 spiro atoms. The third-order valence-corrected chi connectivity index (χ3v) is 2.37. The summed E-state index contributed by atoms with van der Waals surface area (Å²) in [5.41, 5.74) is -1.29. The summed E-state index contributed by atoms with van der Waals surface area (Å²) in [6, 6.07) is 0. The standard InChI is InChI=1S/C13H25ClN2O4/c1-7-15(11(17)19-10(3)14)9-16(8-2)12(18)20-13(4,5)6/h10H,7-9H2,1-6H3. The number of alkyl halides is 1. The van der Waals surface area contributed by atoms with Gasteiger partial charge in [-0.25, -0.2) is 9.59 Å². The van der Waals surface area contributed by atoms with E-state index in [2.05, 4.69) is 0 Å². The van der Waals surface area contributed by atoms with Gasteiger partial charge in [-0.1, -0.05) is 11.6 Å². The lowest BCUT2D eigenvalue weighted by Gasteiger charge is -2.30. The number of ether oxygens (including phenoxy) is 2. The van der Waals surface area contributed by atoms with Crippen molar-refractivity contribution in [1.82, 2.24) is 9.80 Å². The van der Waals surface area contributed by atoms with Crippen molar-refractivity contribution in [2.24, 2.45) is 0 Å². The highest BCUT2D eigenvalue weighted by molar-refractivity contribution is 6.19. The molecule has 1 unspecified atom stereocenters. The van der Waals surface area contributed by atoms with Crippen molar-refractivity contribution in [3.8, 4) is 0 Å². The van der Waals surface area contributed by atoms with Gasteiger partial charge in [0.15, 0.2) is 5.56 Å². The molecule has 0 rings (SSSR count). The second kappa shape index (κ2) is 8.19. The van der Waals surface area contributed by atoms with Crippen molar-refractivity contribution in [2.45, 2.75) is 52.7 Å². The predicted molar refractivity (Wildman–Crippen MR) is 77.7 cm³/mol. The first-order chi connectivity index (χ1) is 9.10. The highest BCUT2D eigenvalue weighted by Gasteiger charge is 2.25. The Hall–Kier alpha value is -1.17. The fourth-order valence-corrected chi connectivity index (χ4v) is 1.40. The van der Waals surface area contributed by atoms with Gasteiger partial charge in [-0.15, -0.1) is 0 Å². The first-order valence-electron chi connectivity index (χ1n) is 6.68. The van der Waals surface area contributed by atoms with Crippen molar-refractivity contribution >= 4 is 23.8 Å². The van der Waals surface area contributed by atoms with Gasteiger partial charge in [0, 0.05) is 13.1 Å². The van der Waals surface area contributed by atoms with E-state index in [1.165, 1.54) is 9.80 Å². The number of nitrogens with zero attached hydrogens (tertiary/aromatic N) is 2. The van der Waals surface area contributed by atoms with Crippen LogP contribution in [0.25, 0.3) is 0 Å². The Kier molecular flexibility index (Phi) is 7.71. The molecule has 0 aromatic rings. The molecule has 0 aliphatic rings. The van der Waals surface area contributed by atoms with Gasteiger partial charge in [0.2, 0.25) is 0 Å². The van der Waals surface area contributed by atoms with Crippen molar-refractivity contribution in [3.63, 3.8) is 0 Å². The maximum absolute atomic E-state index is 12.0. The molecule has 0 aliphatic carbocycles. The minimum absolute atomic E-state index is 0.102. The molecular weight excluding hydrogens is 284 g/mol. The Morgan fingerprint density at radius 3 is 1.90 bits per heavy atom. The summed E-state index contributed by atoms with van der Waals surface area (Å²) in [7, 11) is 0. The number of halogens is 1. The molecule has 0 saturated carbocycles. The van der Waals surface area contributed by atoms with Crippen LogP contribution in [0.2, 0.25) is 0 Å². The molecule has 0 aromatic heterocycles. The molecule has 0 fully saturated rings. The lowest BCUT2D eigenvalue weighted by molar-refractivity contribution is 0.0131. The van der Waals surface area contributed by atoms with E-state index in [0.717, 1.165) is 0 Å². The largest absolute Gasteiger partial charge is 0.444 e. The Morgan fingerprint density at radius 2 is 1.55 bits per heavy atom. The Balaban J connectivity index is 4.66. The van der Waals surface area contributed by atoms with Gasteiger partial charge in [0.25, 0.3) is 0 Å². The first kappa shape index (κ1) is 18.8. The lowest BCUT2D eigenvalue weighted by Crippen LogP contribution is -2.46. The zero-order valence-corrected chi connectivity index (χ0v) is 13.9. The summed E-state index contributed by atoms with van der Waals surface area (Å²) in [6.07, 6.45) is -1.03. The lowest BCUT2D eigenvalue weighted by atomic mass is 10.2. The molecule has 118 valence electrons. The van der Waals surface area contributed by atoms with E-state index >= 15 is 0 Å². The number of amides is 2. The summed E-state index contributed by atoms with van der Waals surface area (Å²) in [5, 5.41) is 0. The third kappa shape index (κ3) is 7.43. The second-order valence-electron chi connectivity index (χ2n) is 5.26. The van der Waals surface area contributed by atoms with Crippen LogP contribution >= 0.6 is 11.6 Å². The van der Waals surface area contributed by atoms with Gasteiger partial charge in [-0.3, -0.25) is 9.80 Å². The topological polar surface area (TPSA) is 59.1 Å². The minimum atomic E-state index is -0.715. The molecule has 0 aliphatic heterocycles. The van der Waals surface area contributed by atoms with E-state index in [-0.39, 0.29) is 6.67 Å². The zero-order valence-electron chi connectivity index (χ0n) is 13.1. The molecule has 0 radical (unpaired) electrons. The Labute approximate surface area is 125 Å². The van der Waals surface area contributed by atoms with Crippen LogP contribution in [0.15, 0.2) is 0 Å². The maximum Gasteiger partial charge on any atom is 0.412 e. The summed E-state index contributed by atoms with van der Waals surface area (Å²) < 4.78 is 10.2. The number of carbonyl (C=O) groups is 2. The van der Waals surface area contributed by atoms with E-state index in [9.17, 15) is 9.59 Å². The van der Waals surface area contributed by atoms with E-state index < -0.39 is 23.4 Å². The summed E-state index contributed by atoms with van der Waals surface area (Å²) in [6.45, 7) is 11.5. The number of rotatable bonds is 5. The summed E-state index contributed by atoms with van der Waals surface area (Å²) in [4.78, 5) is 26.6. The maximum atomic E-state index is 12.0. The van der Waals surface area contributed by atoms with Crippen LogP contribution in [0.5, 0.6) is 0 Å². The van der Waals surface area contributed by atoms with Crippen LogP contribution in [0.1, 0.15) is 41.5 Å². The Bertz CT molecular complexity index is 329. The molecule has 0 bridgehead atoms. The number of hydrogen-bond acceptors (Lipinski definition) is 4. The molecule has 6 nitrogen and oxygen atoms in total. The van der Waals surface area contributed by atoms with Crippen molar-refractivity contribution in [1.29, 1.82) is 0 Å². The average molecular weight is 309 g/mol. The highest BCUT2D eigenvalue weighted by Crippen LogP contribution is 2.11. The molecular formula is C13H25ClN2O4. The van der Waals surface area contributed by atoms with Gasteiger partial charge in [-0.2, -0.15) is 0 Å². The Morgan fingerprint density at radius 1 is 1.10 bits per heavy atom. The van der Waals surface area contributed by atoms with Crippen molar-refractivity contribution < 1.29 is 19.1 Å². The smallest absolute Gasteiger partial charge is 0.412 e. The molecule has 20 heavy (non-hydrogen) atoms. The number of carbonyl (C=O) groups excluding carboxylic acids is 2. The van der Waals surface area contributed by atoms with Crippen LogP contribution in [0.3, 0.4) is 0 Å². The van der Waals surface area contributed by atoms with Crippen LogP contribution in [0.4, 0.5) is 9.59 Å². The van der Waals surface area contributed by atoms with Crippen LogP contribution < -0.4 is 0 Å². The summed E-state index contributed by atoms with van der Waals surface area (Å²) >= 11 is 5.62. The molecule has 2 amide bonds. The normalized spacial score (nSPS) is 12.6. The fourth-order valence-electron chi connectivity index (χ4n) is 1.32. The van der Waals surface area contributed by atoms with Crippen LogP contribution in [-0.4, -0.2) is 52.9 Å². The molecule has 1 atom stereocenters. The SMILES string of the molecule is CCN(CN(CC)C(=O)OC(C)(C)C)C(=O)OC(C)Cl. The van der Waals surface area contributed by atoms with Gasteiger partial charge in [0.1, 0.15) is 12.3 Å².